The van der Waals surface area contributed by atoms with Crippen molar-refractivity contribution in [2.75, 3.05) is 39.9 Å². The van der Waals surface area contributed by atoms with E-state index in [1.165, 1.54) is 63.7 Å². The summed E-state index contributed by atoms with van der Waals surface area (Å²) < 4.78 is 18.8. The number of rotatable bonds is 8. The van der Waals surface area contributed by atoms with Crippen LogP contribution in [-0.4, -0.2) is 50.8 Å². The first-order valence-electron chi connectivity index (χ1n) is 10.7. The Morgan fingerprint density at radius 1 is 1.15 bits per heavy atom. The van der Waals surface area contributed by atoms with Crippen molar-refractivity contribution in [2.24, 2.45) is 10.8 Å². The summed E-state index contributed by atoms with van der Waals surface area (Å²) in [6.45, 7) is 8.02. The maximum absolute atomic E-state index is 13.1. The lowest BCUT2D eigenvalue weighted by atomic mass is 9.69. The summed E-state index contributed by atoms with van der Waals surface area (Å²) in [6, 6.07) is 7.57. The average Bonchev–Trinajstić information content (AvgIpc) is 3.41. The Morgan fingerprint density at radius 3 is 2.44 bits per heavy atom. The maximum Gasteiger partial charge on any atom is 0.123 e. The van der Waals surface area contributed by atoms with E-state index in [1.807, 2.05) is 19.2 Å². The number of likely N-dealkylation sites (tertiary alicyclic amines) is 1. The number of benzene rings is 1. The van der Waals surface area contributed by atoms with Gasteiger partial charge in [0.25, 0.3) is 0 Å². The molecule has 1 aliphatic heterocycles. The van der Waals surface area contributed by atoms with Gasteiger partial charge in [-0.25, -0.2) is 4.39 Å². The minimum Gasteiger partial charge on any atom is -0.384 e. The van der Waals surface area contributed by atoms with E-state index in [4.69, 9.17) is 4.74 Å². The number of halogens is 1. The van der Waals surface area contributed by atoms with Gasteiger partial charge in [-0.3, -0.25) is 0 Å². The van der Waals surface area contributed by atoms with Gasteiger partial charge in [-0.15, -0.1) is 0 Å². The van der Waals surface area contributed by atoms with Gasteiger partial charge in [0, 0.05) is 37.6 Å². The zero-order valence-electron chi connectivity index (χ0n) is 17.0. The summed E-state index contributed by atoms with van der Waals surface area (Å²) in [4.78, 5) is 2.69. The third kappa shape index (κ3) is 4.55. The molecule has 1 saturated heterocycles. The largest absolute Gasteiger partial charge is 0.384 e. The highest BCUT2D eigenvalue weighted by atomic mass is 19.1. The summed E-state index contributed by atoms with van der Waals surface area (Å²) in [5.74, 6) is 0.398. The Labute approximate surface area is 163 Å². The fraction of sp³-hybridized carbons (Fsp3) is 0.739. The molecule has 2 atom stereocenters. The van der Waals surface area contributed by atoms with Crippen LogP contribution in [0.25, 0.3) is 0 Å². The summed E-state index contributed by atoms with van der Waals surface area (Å²) in [6.07, 6.45) is 7.83. The molecule has 4 heteroatoms. The molecule has 0 radical (unpaired) electrons. The fourth-order valence-electron chi connectivity index (χ4n) is 5.19. The molecule has 0 unspecified atom stereocenters. The van der Waals surface area contributed by atoms with E-state index < -0.39 is 0 Å². The lowest BCUT2D eigenvalue weighted by molar-refractivity contribution is -0.000948. The third-order valence-corrected chi connectivity index (χ3v) is 7.36. The van der Waals surface area contributed by atoms with Crippen LogP contribution in [0.5, 0.6) is 0 Å². The monoisotopic (exact) mass is 374 g/mol. The van der Waals surface area contributed by atoms with Crippen LogP contribution in [-0.2, 0) is 4.74 Å². The maximum atomic E-state index is 13.1. The summed E-state index contributed by atoms with van der Waals surface area (Å²) in [7, 11) is 1.84. The standard InChI is InChI=1S/C23H35FN2O/c1-22(8-3-9-22)16-26-12-10-23(11-13-26,17-27-2)15-25-21-14-20(21)18-4-6-19(24)7-5-18/h4-7,20-21,25H,3,8-17H2,1-2H3/t20-,21+/m0/s1. The fourth-order valence-corrected chi connectivity index (χ4v) is 5.19. The van der Waals surface area contributed by atoms with Crippen LogP contribution in [0, 0.1) is 16.6 Å². The van der Waals surface area contributed by atoms with Crippen molar-refractivity contribution in [3.05, 3.63) is 35.6 Å². The molecular formula is C23H35FN2O. The van der Waals surface area contributed by atoms with E-state index in [0.717, 1.165) is 13.2 Å². The predicted molar refractivity (Wildman–Crippen MR) is 107 cm³/mol. The molecule has 2 aliphatic carbocycles. The highest BCUT2D eigenvalue weighted by Crippen LogP contribution is 2.44. The quantitative estimate of drug-likeness (QED) is 0.738. The van der Waals surface area contributed by atoms with E-state index in [-0.39, 0.29) is 11.2 Å². The zero-order valence-corrected chi connectivity index (χ0v) is 17.0. The SMILES string of the molecule is COCC1(CN[C@@H]2C[C@H]2c2ccc(F)cc2)CCN(CC2(C)CCC2)CC1. The molecular weight excluding hydrogens is 339 g/mol. The van der Waals surface area contributed by atoms with Gasteiger partial charge in [0.15, 0.2) is 0 Å². The second kappa shape index (κ2) is 7.81. The van der Waals surface area contributed by atoms with Crippen LogP contribution >= 0.6 is 0 Å². The van der Waals surface area contributed by atoms with Gasteiger partial charge in [0.05, 0.1) is 6.61 Å². The first-order chi connectivity index (χ1) is 13.0. The van der Waals surface area contributed by atoms with Gasteiger partial charge in [0.1, 0.15) is 5.82 Å². The number of methoxy groups -OCH3 is 1. The number of hydrogen-bond donors (Lipinski definition) is 1. The Hall–Kier alpha value is -0.970. The van der Waals surface area contributed by atoms with Crippen LogP contribution in [0.1, 0.15) is 56.9 Å². The van der Waals surface area contributed by atoms with Crippen molar-refractivity contribution in [3.63, 3.8) is 0 Å². The molecule has 1 aromatic rings. The summed E-state index contributed by atoms with van der Waals surface area (Å²) in [5.41, 5.74) is 2.11. The Morgan fingerprint density at radius 2 is 1.85 bits per heavy atom. The first-order valence-corrected chi connectivity index (χ1v) is 10.7. The molecule has 0 spiro atoms. The molecule has 27 heavy (non-hydrogen) atoms. The Kier molecular flexibility index (Phi) is 5.59. The first kappa shape index (κ1) is 19.4. The molecule has 1 aromatic carbocycles. The molecule has 0 bridgehead atoms. The average molecular weight is 375 g/mol. The number of nitrogens with zero attached hydrogens (tertiary/aromatic N) is 1. The number of hydrogen-bond acceptors (Lipinski definition) is 3. The molecule has 1 N–H and O–H groups in total. The smallest absolute Gasteiger partial charge is 0.123 e. The van der Waals surface area contributed by atoms with E-state index in [9.17, 15) is 4.39 Å². The lowest BCUT2D eigenvalue weighted by Crippen LogP contribution is -2.50. The van der Waals surface area contributed by atoms with Gasteiger partial charge < -0.3 is 15.0 Å². The zero-order chi connectivity index (χ0) is 18.9. The minimum atomic E-state index is -0.148. The Bertz CT molecular complexity index is 620. The number of ether oxygens (including phenoxy) is 1. The van der Waals surface area contributed by atoms with Crippen LogP contribution in [0.15, 0.2) is 24.3 Å². The molecule has 3 nitrogen and oxygen atoms in total. The summed E-state index contributed by atoms with van der Waals surface area (Å²) in [5, 5.41) is 3.81. The lowest BCUT2D eigenvalue weighted by Gasteiger charge is -2.47. The molecule has 2 saturated carbocycles. The normalized spacial score (nSPS) is 29.3. The minimum absolute atomic E-state index is 0.148. The second-order valence-corrected chi connectivity index (χ2v) is 9.75. The topological polar surface area (TPSA) is 24.5 Å². The van der Waals surface area contributed by atoms with Gasteiger partial charge in [-0.2, -0.15) is 0 Å². The molecule has 3 aliphatic rings. The highest BCUT2D eigenvalue weighted by molar-refractivity contribution is 5.28. The van der Waals surface area contributed by atoms with Crippen molar-refractivity contribution < 1.29 is 9.13 Å². The van der Waals surface area contributed by atoms with Gasteiger partial charge in [0.2, 0.25) is 0 Å². The van der Waals surface area contributed by atoms with Gasteiger partial charge in [-0.05, 0) is 68.3 Å². The molecule has 150 valence electrons. The van der Waals surface area contributed by atoms with Crippen LogP contribution in [0.2, 0.25) is 0 Å². The van der Waals surface area contributed by atoms with Crippen LogP contribution < -0.4 is 5.32 Å². The third-order valence-electron chi connectivity index (χ3n) is 7.36. The number of nitrogens with one attached hydrogen (secondary N) is 1. The van der Waals surface area contributed by atoms with E-state index in [0.29, 0.717) is 17.4 Å². The van der Waals surface area contributed by atoms with Crippen molar-refractivity contribution in [1.82, 2.24) is 10.2 Å². The van der Waals surface area contributed by atoms with Crippen molar-refractivity contribution >= 4 is 0 Å². The molecule has 3 fully saturated rings. The van der Waals surface area contributed by atoms with Gasteiger partial charge in [-0.1, -0.05) is 25.5 Å². The second-order valence-electron chi connectivity index (χ2n) is 9.75. The molecule has 0 amide bonds. The van der Waals surface area contributed by atoms with E-state index >= 15 is 0 Å². The van der Waals surface area contributed by atoms with Crippen molar-refractivity contribution in [3.8, 4) is 0 Å². The molecule has 0 aromatic heterocycles. The highest BCUT2D eigenvalue weighted by Gasteiger charge is 2.42. The summed E-state index contributed by atoms with van der Waals surface area (Å²) >= 11 is 0. The predicted octanol–water partition coefficient (Wildman–Crippen LogP) is 4.19. The number of piperidine rings is 1. The van der Waals surface area contributed by atoms with Crippen molar-refractivity contribution in [1.29, 1.82) is 0 Å². The Balaban J connectivity index is 1.26. The van der Waals surface area contributed by atoms with Crippen LogP contribution in [0.3, 0.4) is 0 Å². The molecule has 4 rings (SSSR count). The van der Waals surface area contributed by atoms with Gasteiger partial charge >= 0.3 is 0 Å². The van der Waals surface area contributed by atoms with Crippen molar-refractivity contribution in [2.45, 2.75) is 57.4 Å². The van der Waals surface area contributed by atoms with Crippen LogP contribution in [0.4, 0.5) is 4.39 Å². The molecule has 1 heterocycles. The van der Waals surface area contributed by atoms with E-state index in [1.54, 1.807) is 12.1 Å². The van der Waals surface area contributed by atoms with E-state index in [2.05, 4.69) is 17.1 Å².